The molecule has 10 heteroatoms. The molecule has 3 rings (SSSR count). The van der Waals surface area contributed by atoms with Gasteiger partial charge >= 0.3 is 5.69 Å². The van der Waals surface area contributed by atoms with E-state index in [9.17, 15) is 24.8 Å². The molecule has 1 aliphatic heterocycles. The molecular formula is C17H12ClN3O6. The number of carbonyl (C=O) groups is 2. The molecule has 2 amide bonds. The van der Waals surface area contributed by atoms with Crippen molar-refractivity contribution in [3.63, 3.8) is 0 Å². The Morgan fingerprint density at radius 1 is 1.26 bits per heavy atom. The van der Waals surface area contributed by atoms with Crippen LogP contribution in [0.1, 0.15) is 5.56 Å². The number of phenolic OH excluding ortho intramolecular Hbond substituents is 1. The van der Waals surface area contributed by atoms with Gasteiger partial charge < -0.3 is 9.84 Å². The van der Waals surface area contributed by atoms with Gasteiger partial charge in [0.25, 0.3) is 11.8 Å². The molecule has 0 aromatic heterocycles. The Balaban J connectivity index is 2.01. The fourth-order valence-electron chi connectivity index (χ4n) is 2.49. The third-order valence-electron chi connectivity index (χ3n) is 3.78. The summed E-state index contributed by atoms with van der Waals surface area (Å²) in [6.07, 6.45) is 1.18. The van der Waals surface area contributed by atoms with Gasteiger partial charge in [-0.25, -0.2) is 5.01 Å². The number of carbonyl (C=O) groups excluding carboxylic acids is 2. The van der Waals surface area contributed by atoms with Crippen LogP contribution in [0.5, 0.6) is 11.5 Å². The number of nitrogens with one attached hydrogen (secondary N) is 1. The van der Waals surface area contributed by atoms with Gasteiger partial charge in [0, 0.05) is 11.1 Å². The first-order chi connectivity index (χ1) is 12.8. The van der Waals surface area contributed by atoms with Crippen molar-refractivity contribution < 1.29 is 24.4 Å². The first-order valence-corrected chi connectivity index (χ1v) is 7.87. The second-order valence-corrected chi connectivity index (χ2v) is 5.90. The largest absolute Gasteiger partial charge is 0.500 e. The molecular weight excluding hydrogens is 378 g/mol. The SMILES string of the molecule is COc1cc(/C=C2/C(=O)NN(c3ccc(Cl)cc3)C2=O)cc([N+](=O)[O-])c1O. The van der Waals surface area contributed by atoms with E-state index in [0.717, 1.165) is 11.1 Å². The van der Waals surface area contributed by atoms with E-state index < -0.39 is 28.2 Å². The summed E-state index contributed by atoms with van der Waals surface area (Å²) >= 11 is 5.81. The zero-order valence-electron chi connectivity index (χ0n) is 13.8. The van der Waals surface area contributed by atoms with Crippen LogP contribution in [0, 0.1) is 10.1 Å². The number of hydrazine groups is 1. The van der Waals surface area contributed by atoms with Crippen LogP contribution in [0.3, 0.4) is 0 Å². The monoisotopic (exact) mass is 389 g/mol. The number of methoxy groups -OCH3 is 1. The van der Waals surface area contributed by atoms with Gasteiger partial charge in [0.05, 0.1) is 17.7 Å². The summed E-state index contributed by atoms with van der Waals surface area (Å²) in [6.45, 7) is 0. The molecule has 0 saturated carbocycles. The smallest absolute Gasteiger partial charge is 0.315 e. The number of nitro benzene ring substituents is 1. The second kappa shape index (κ2) is 6.96. The molecule has 0 bridgehead atoms. The minimum Gasteiger partial charge on any atom is -0.500 e. The zero-order valence-corrected chi connectivity index (χ0v) is 14.6. The van der Waals surface area contributed by atoms with Crippen molar-refractivity contribution in [1.82, 2.24) is 5.43 Å². The highest BCUT2D eigenvalue weighted by Gasteiger charge is 2.34. The van der Waals surface area contributed by atoms with Gasteiger partial charge in [0.1, 0.15) is 5.57 Å². The van der Waals surface area contributed by atoms with Crippen molar-refractivity contribution in [2.45, 2.75) is 0 Å². The first-order valence-electron chi connectivity index (χ1n) is 7.50. The van der Waals surface area contributed by atoms with Crippen molar-refractivity contribution in [2.75, 3.05) is 12.1 Å². The number of amides is 2. The van der Waals surface area contributed by atoms with E-state index in [4.69, 9.17) is 16.3 Å². The van der Waals surface area contributed by atoms with E-state index in [1.54, 1.807) is 24.3 Å². The van der Waals surface area contributed by atoms with Crippen molar-refractivity contribution >= 4 is 40.9 Å². The maximum absolute atomic E-state index is 12.6. The normalized spacial score (nSPS) is 15.2. The number of hydrogen-bond acceptors (Lipinski definition) is 6. The number of nitro groups is 1. The summed E-state index contributed by atoms with van der Waals surface area (Å²) in [4.78, 5) is 35.1. The lowest BCUT2D eigenvalue weighted by atomic mass is 10.1. The summed E-state index contributed by atoms with van der Waals surface area (Å²) in [5, 5.41) is 22.4. The van der Waals surface area contributed by atoms with Crippen LogP contribution < -0.4 is 15.2 Å². The number of aromatic hydroxyl groups is 1. The molecule has 0 unspecified atom stereocenters. The second-order valence-electron chi connectivity index (χ2n) is 5.46. The van der Waals surface area contributed by atoms with Gasteiger partial charge in [-0.05, 0) is 42.0 Å². The van der Waals surface area contributed by atoms with Crippen LogP contribution in [0.25, 0.3) is 6.08 Å². The minimum atomic E-state index is -0.795. The number of nitrogens with zero attached hydrogens (tertiary/aromatic N) is 2. The predicted octanol–water partition coefficient (Wildman–Crippen LogP) is 2.42. The van der Waals surface area contributed by atoms with Crippen LogP contribution in [0.4, 0.5) is 11.4 Å². The maximum Gasteiger partial charge on any atom is 0.315 e. The van der Waals surface area contributed by atoms with Gasteiger partial charge in [-0.15, -0.1) is 0 Å². The molecule has 1 fully saturated rings. The molecule has 1 heterocycles. The molecule has 2 aromatic rings. The number of rotatable bonds is 4. The lowest BCUT2D eigenvalue weighted by molar-refractivity contribution is -0.386. The van der Waals surface area contributed by atoms with Gasteiger partial charge in [-0.3, -0.25) is 25.1 Å². The minimum absolute atomic E-state index is 0.146. The molecule has 0 spiro atoms. The van der Waals surface area contributed by atoms with Crippen LogP contribution in [0.2, 0.25) is 5.02 Å². The van der Waals surface area contributed by atoms with Gasteiger partial charge in [-0.1, -0.05) is 11.6 Å². The van der Waals surface area contributed by atoms with Crippen molar-refractivity contribution in [3.05, 3.63) is 62.7 Å². The molecule has 1 aliphatic rings. The number of anilines is 1. The Kier molecular flexibility index (Phi) is 4.70. The van der Waals surface area contributed by atoms with E-state index in [-0.39, 0.29) is 16.9 Å². The topological polar surface area (TPSA) is 122 Å². The average molecular weight is 390 g/mol. The molecule has 0 radical (unpaired) electrons. The molecule has 0 atom stereocenters. The van der Waals surface area contributed by atoms with Crippen LogP contribution >= 0.6 is 11.6 Å². The summed E-state index contributed by atoms with van der Waals surface area (Å²) in [7, 11) is 1.23. The molecule has 27 heavy (non-hydrogen) atoms. The molecule has 1 saturated heterocycles. The summed E-state index contributed by atoms with van der Waals surface area (Å²) < 4.78 is 4.90. The Morgan fingerprint density at radius 2 is 1.93 bits per heavy atom. The molecule has 138 valence electrons. The highest BCUT2D eigenvalue weighted by molar-refractivity contribution is 6.32. The van der Waals surface area contributed by atoms with Crippen LogP contribution in [0.15, 0.2) is 42.0 Å². The first kappa shape index (κ1) is 18.2. The molecule has 0 aliphatic carbocycles. The molecule has 2 aromatic carbocycles. The molecule has 9 nitrogen and oxygen atoms in total. The lowest BCUT2D eigenvalue weighted by Crippen LogP contribution is -2.35. The predicted molar refractivity (Wildman–Crippen MR) is 96.4 cm³/mol. The quantitative estimate of drug-likeness (QED) is 0.358. The Bertz CT molecular complexity index is 987. The highest BCUT2D eigenvalue weighted by atomic mass is 35.5. The summed E-state index contributed by atoms with van der Waals surface area (Å²) in [5.74, 6) is -2.12. The van der Waals surface area contributed by atoms with Crippen LogP contribution in [-0.2, 0) is 9.59 Å². The van der Waals surface area contributed by atoms with E-state index in [1.165, 1.54) is 19.3 Å². The Morgan fingerprint density at radius 3 is 2.52 bits per heavy atom. The lowest BCUT2D eigenvalue weighted by Gasteiger charge is -2.14. The van der Waals surface area contributed by atoms with Crippen molar-refractivity contribution in [2.24, 2.45) is 0 Å². The molecule has 2 N–H and O–H groups in total. The van der Waals surface area contributed by atoms with E-state index in [2.05, 4.69) is 5.43 Å². The third-order valence-corrected chi connectivity index (χ3v) is 4.03. The maximum atomic E-state index is 12.6. The number of halogens is 1. The van der Waals surface area contributed by atoms with Gasteiger partial charge in [0.15, 0.2) is 5.75 Å². The van der Waals surface area contributed by atoms with E-state index in [1.807, 2.05) is 0 Å². The van der Waals surface area contributed by atoms with Crippen LogP contribution in [-0.4, -0.2) is 29.0 Å². The Labute approximate surface area is 157 Å². The van der Waals surface area contributed by atoms with Gasteiger partial charge in [-0.2, -0.15) is 0 Å². The number of phenols is 1. The summed E-state index contributed by atoms with van der Waals surface area (Å²) in [6, 6.07) is 8.55. The number of hydrogen-bond donors (Lipinski definition) is 2. The summed E-state index contributed by atoms with van der Waals surface area (Å²) in [5.41, 5.74) is 2.11. The van der Waals surface area contributed by atoms with E-state index >= 15 is 0 Å². The fraction of sp³-hybridized carbons (Fsp3) is 0.0588. The number of benzene rings is 2. The fourth-order valence-corrected chi connectivity index (χ4v) is 2.61. The van der Waals surface area contributed by atoms with Gasteiger partial charge in [0.2, 0.25) is 5.75 Å². The average Bonchev–Trinajstić information content (AvgIpc) is 2.91. The van der Waals surface area contributed by atoms with Crippen molar-refractivity contribution in [1.29, 1.82) is 0 Å². The van der Waals surface area contributed by atoms with E-state index in [0.29, 0.717) is 10.7 Å². The van der Waals surface area contributed by atoms with Crippen molar-refractivity contribution in [3.8, 4) is 11.5 Å². The number of ether oxygens (including phenoxy) is 1. The zero-order chi connectivity index (χ0) is 19.7. The Hall–Kier alpha value is -3.59. The standard InChI is InChI=1S/C17H12ClN3O6/c1-27-14-8-9(7-13(15(14)22)21(25)26)6-12-16(23)19-20(17(12)24)11-4-2-10(18)3-5-11/h2-8,22H,1H3,(H,19,23)/b12-6-. The third kappa shape index (κ3) is 3.40. The highest BCUT2D eigenvalue weighted by Crippen LogP contribution is 2.37.